The van der Waals surface area contributed by atoms with Crippen molar-refractivity contribution in [2.24, 2.45) is 11.5 Å². The van der Waals surface area contributed by atoms with Gasteiger partial charge in [-0.1, -0.05) is 0 Å². The van der Waals surface area contributed by atoms with E-state index in [-0.39, 0.29) is 11.5 Å². The Hall–Kier alpha value is -2.62. The lowest BCUT2D eigenvalue weighted by molar-refractivity contribution is 0.0280. The highest BCUT2D eigenvalue weighted by atomic mass is 16.5. The molecule has 0 unspecified atom stereocenters. The lowest BCUT2D eigenvalue weighted by Gasteiger charge is -2.02. The van der Waals surface area contributed by atoms with Gasteiger partial charge in [0.2, 0.25) is 0 Å². The Bertz CT molecular complexity index is 516. The van der Waals surface area contributed by atoms with Crippen LogP contribution in [0.25, 0.3) is 0 Å². The SMILES string of the molecule is CCOCCOCCOC.NC(=O)c1ccco1.NC(=O)c1ccco1. The van der Waals surface area contributed by atoms with E-state index in [1.165, 1.54) is 24.7 Å². The molecule has 146 valence electrons. The van der Waals surface area contributed by atoms with Crippen LogP contribution in [0.3, 0.4) is 0 Å². The van der Waals surface area contributed by atoms with Crippen molar-refractivity contribution < 1.29 is 32.6 Å². The third kappa shape index (κ3) is 12.8. The summed E-state index contributed by atoms with van der Waals surface area (Å²) in [7, 11) is 1.66. The van der Waals surface area contributed by atoms with Gasteiger partial charge >= 0.3 is 0 Å². The van der Waals surface area contributed by atoms with Crippen LogP contribution in [-0.4, -0.2) is 52.0 Å². The molecule has 26 heavy (non-hydrogen) atoms. The van der Waals surface area contributed by atoms with Crippen LogP contribution < -0.4 is 11.5 Å². The van der Waals surface area contributed by atoms with Gasteiger partial charge in [-0.3, -0.25) is 9.59 Å². The lowest BCUT2D eigenvalue weighted by Crippen LogP contribution is -2.08. The predicted octanol–water partition coefficient (Wildman–Crippen LogP) is 1.44. The largest absolute Gasteiger partial charge is 0.459 e. The highest BCUT2D eigenvalue weighted by molar-refractivity contribution is 5.90. The maximum atomic E-state index is 10.2. The summed E-state index contributed by atoms with van der Waals surface area (Å²) >= 11 is 0. The van der Waals surface area contributed by atoms with Gasteiger partial charge in [0.15, 0.2) is 11.5 Å². The Morgan fingerprint density at radius 3 is 1.65 bits per heavy atom. The molecule has 0 aliphatic carbocycles. The van der Waals surface area contributed by atoms with Crippen LogP contribution in [0.15, 0.2) is 45.6 Å². The first-order valence-electron chi connectivity index (χ1n) is 7.83. The van der Waals surface area contributed by atoms with Crippen molar-refractivity contribution in [3.63, 3.8) is 0 Å². The van der Waals surface area contributed by atoms with E-state index in [0.29, 0.717) is 26.4 Å². The summed E-state index contributed by atoms with van der Waals surface area (Å²) in [6, 6.07) is 6.25. The zero-order chi connectivity index (χ0) is 19.6. The second-order valence-electron chi connectivity index (χ2n) is 4.49. The first kappa shape index (κ1) is 23.4. The smallest absolute Gasteiger partial charge is 0.284 e. The molecule has 0 spiro atoms. The molecule has 0 aromatic carbocycles. The minimum absolute atomic E-state index is 0.199. The van der Waals surface area contributed by atoms with Gasteiger partial charge in [-0.25, -0.2) is 0 Å². The van der Waals surface area contributed by atoms with Crippen molar-refractivity contribution in [2.45, 2.75) is 6.92 Å². The molecule has 0 aliphatic rings. The van der Waals surface area contributed by atoms with Crippen LogP contribution in [0.4, 0.5) is 0 Å². The molecule has 9 heteroatoms. The van der Waals surface area contributed by atoms with Gasteiger partial charge in [0.1, 0.15) is 0 Å². The fourth-order valence-electron chi connectivity index (χ4n) is 1.34. The molecule has 2 aromatic heterocycles. The van der Waals surface area contributed by atoms with Gasteiger partial charge in [0.05, 0.1) is 39.0 Å². The van der Waals surface area contributed by atoms with Gasteiger partial charge in [-0.05, 0) is 31.2 Å². The minimum Gasteiger partial charge on any atom is -0.459 e. The molecule has 0 atom stereocenters. The van der Waals surface area contributed by atoms with E-state index in [1.54, 1.807) is 19.2 Å². The van der Waals surface area contributed by atoms with E-state index in [4.69, 9.17) is 25.7 Å². The molecular formula is C17H26N2O7. The molecule has 0 saturated heterocycles. The summed E-state index contributed by atoms with van der Waals surface area (Å²) in [5, 5.41) is 0. The summed E-state index contributed by atoms with van der Waals surface area (Å²) in [4.78, 5) is 20.4. The van der Waals surface area contributed by atoms with Crippen LogP contribution >= 0.6 is 0 Å². The first-order chi connectivity index (χ1) is 12.5. The predicted molar refractivity (Wildman–Crippen MR) is 93.6 cm³/mol. The minimum atomic E-state index is -0.532. The summed E-state index contributed by atoms with van der Waals surface area (Å²) in [5.41, 5.74) is 9.65. The Kier molecular flexibility index (Phi) is 14.3. The number of primary amides is 2. The van der Waals surface area contributed by atoms with E-state index >= 15 is 0 Å². The van der Waals surface area contributed by atoms with Crippen molar-refractivity contribution >= 4 is 11.8 Å². The fourth-order valence-corrected chi connectivity index (χ4v) is 1.34. The average molecular weight is 370 g/mol. The number of ether oxygens (including phenoxy) is 3. The van der Waals surface area contributed by atoms with Crippen LogP contribution in [0, 0.1) is 0 Å². The van der Waals surface area contributed by atoms with E-state index < -0.39 is 11.8 Å². The van der Waals surface area contributed by atoms with Gasteiger partial charge in [-0.15, -0.1) is 0 Å². The summed E-state index contributed by atoms with van der Waals surface area (Å²) in [5.74, 6) is -0.667. The molecule has 0 saturated carbocycles. The number of methoxy groups -OCH3 is 1. The number of nitrogens with two attached hydrogens (primary N) is 2. The zero-order valence-electron chi connectivity index (χ0n) is 15.0. The molecule has 4 N–H and O–H groups in total. The summed E-state index contributed by atoms with van der Waals surface area (Å²) in [6.45, 7) is 5.38. The molecule has 2 heterocycles. The molecule has 2 amide bonds. The maximum Gasteiger partial charge on any atom is 0.284 e. The number of amides is 2. The molecule has 0 fully saturated rings. The number of hydrogen-bond donors (Lipinski definition) is 2. The van der Waals surface area contributed by atoms with Crippen LogP contribution in [-0.2, 0) is 14.2 Å². The zero-order valence-corrected chi connectivity index (χ0v) is 15.0. The van der Waals surface area contributed by atoms with E-state index in [2.05, 4.69) is 8.83 Å². The normalized spacial score (nSPS) is 9.46. The maximum absolute atomic E-state index is 10.2. The average Bonchev–Trinajstić information content (AvgIpc) is 3.33. The third-order valence-electron chi connectivity index (χ3n) is 2.54. The molecular weight excluding hydrogens is 344 g/mol. The molecule has 0 aliphatic heterocycles. The number of carbonyl (C=O) groups is 2. The van der Waals surface area contributed by atoms with E-state index in [1.807, 2.05) is 6.92 Å². The molecule has 2 rings (SSSR count). The second-order valence-corrected chi connectivity index (χ2v) is 4.49. The van der Waals surface area contributed by atoms with Gasteiger partial charge in [0.25, 0.3) is 11.8 Å². The summed E-state index contributed by atoms with van der Waals surface area (Å²) in [6.07, 6.45) is 2.81. The van der Waals surface area contributed by atoms with Crippen LogP contribution in [0.2, 0.25) is 0 Å². The summed E-state index contributed by atoms with van der Waals surface area (Å²) < 4.78 is 24.2. The fraction of sp³-hybridized carbons (Fsp3) is 0.412. The first-order valence-corrected chi connectivity index (χ1v) is 7.83. The molecule has 0 bridgehead atoms. The number of hydrogen-bond acceptors (Lipinski definition) is 7. The highest BCUT2D eigenvalue weighted by Crippen LogP contribution is 1.96. The van der Waals surface area contributed by atoms with Gasteiger partial charge < -0.3 is 34.5 Å². The number of rotatable bonds is 9. The number of furan rings is 2. The molecule has 2 aromatic rings. The third-order valence-corrected chi connectivity index (χ3v) is 2.54. The van der Waals surface area contributed by atoms with Crippen molar-refractivity contribution in [2.75, 3.05) is 40.1 Å². The Balaban J connectivity index is 0.000000363. The Morgan fingerprint density at radius 2 is 1.35 bits per heavy atom. The Labute approximate surface area is 152 Å². The van der Waals surface area contributed by atoms with Crippen molar-refractivity contribution in [1.82, 2.24) is 0 Å². The van der Waals surface area contributed by atoms with Crippen LogP contribution in [0.5, 0.6) is 0 Å². The van der Waals surface area contributed by atoms with Crippen LogP contribution in [0.1, 0.15) is 28.0 Å². The quantitative estimate of drug-likeness (QED) is 0.636. The van der Waals surface area contributed by atoms with Crippen molar-refractivity contribution in [3.8, 4) is 0 Å². The van der Waals surface area contributed by atoms with Gasteiger partial charge in [-0.2, -0.15) is 0 Å². The molecule has 9 nitrogen and oxygen atoms in total. The van der Waals surface area contributed by atoms with Gasteiger partial charge in [0, 0.05) is 13.7 Å². The standard InChI is InChI=1S/C7H16O3.2C5H5NO2/c1-3-9-6-7-10-5-4-8-2;2*6-5(7)4-2-1-3-8-4/h3-7H2,1-2H3;2*1-3H,(H2,6,7). The second kappa shape index (κ2) is 15.9. The monoisotopic (exact) mass is 370 g/mol. The highest BCUT2D eigenvalue weighted by Gasteiger charge is 1.99. The van der Waals surface area contributed by atoms with Crippen molar-refractivity contribution in [1.29, 1.82) is 0 Å². The Morgan fingerprint density at radius 1 is 0.885 bits per heavy atom. The lowest BCUT2D eigenvalue weighted by atomic mass is 10.4. The van der Waals surface area contributed by atoms with Crippen molar-refractivity contribution in [3.05, 3.63) is 48.3 Å². The number of carbonyl (C=O) groups excluding carboxylic acids is 2. The van der Waals surface area contributed by atoms with E-state index in [9.17, 15) is 9.59 Å². The van der Waals surface area contributed by atoms with E-state index in [0.717, 1.165) is 6.61 Å². The topological polar surface area (TPSA) is 140 Å². The molecule has 0 radical (unpaired) electrons.